The molecule has 1 N–H and O–H groups in total. The van der Waals surface area contributed by atoms with Gasteiger partial charge in [-0.15, -0.1) is 0 Å². The van der Waals surface area contributed by atoms with Crippen LogP contribution in [-0.4, -0.2) is 36.5 Å². The molecule has 2 saturated heterocycles. The molecule has 0 spiro atoms. The van der Waals surface area contributed by atoms with Gasteiger partial charge in [0.05, 0.1) is 0 Å². The van der Waals surface area contributed by atoms with Crippen LogP contribution in [0.25, 0.3) is 0 Å². The van der Waals surface area contributed by atoms with Gasteiger partial charge in [-0.05, 0) is 43.6 Å². The Bertz CT molecular complexity index is 454. The van der Waals surface area contributed by atoms with Gasteiger partial charge < -0.3 is 10.2 Å². The van der Waals surface area contributed by atoms with Gasteiger partial charge in [-0.1, -0.05) is 23.7 Å². The van der Waals surface area contributed by atoms with E-state index < -0.39 is 0 Å². The number of nitrogens with zero attached hydrogens (tertiary/aromatic N) is 1. The van der Waals surface area contributed by atoms with Crippen LogP contribution >= 0.6 is 11.6 Å². The lowest BCUT2D eigenvalue weighted by atomic mass is 9.98. The fourth-order valence-electron chi connectivity index (χ4n) is 3.16. The zero-order chi connectivity index (χ0) is 13.2. The molecular formula is C15H19ClN2O. The highest BCUT2D eigenvalue weighted by atomic mass is 35.5. The highest BCUT2D eigenvalue weighted by molar-refractivity contribution is 6.30. The molecule has 0 saturated carbocycles. The molecule has 0 bridgehead atoms. The van der Waals surface area contributed by atoms with Crippen LogP contribution in [0.4, 0.5) is 0 Å². The van der Waals surface area contributed by atoms with Crippen LogP contribution in [-0.2, 0) is 4.79 Å². The van der Waals surface area contributed by atoms with Crippen molar-refractivity contribution in [1.29, 1.82) is 0 Å². The Balaban J connectivity index is 1.70. The first-order valence-electron chi connectivity index (χ1n) is 6.99. The first-order chi connectivity index (χ1) is 9.24. The van der Waals surface area contributed by atoms with Crippen molar-refractivity contribution in [2.75, 3.05) is 19.6 Å². The summed E-state index contributed by atoms with van der Waals surface area (Å²) in [7, 11) is 0. The van der Waals surface area contributed by atoms with Crippen molar-refractivity contribution in [3.05, 3.63) is 34.9 Å². The fraction of sp³-hybridized carbons (Fsp3) is 0.533. The van der Waals surface area contributed by atoms with E-state index in [-0.39, 0.29) is 0 Å². The van der Waals surface area contributed by atoms with E-state index in [2.05, 4.69) is 10.2 Å². The molecule has 1 amide bonds. The first-order valence-corrected chi connectivity index (χ1v) is 7.37. The minimum Gasteiger partial charge on any atom is -0.339 e. The lowest BCUT2D eigenvalue weighted by Gasteiger charge is -2.31. The smallest absolute Gasteiger partial charge is 0.223 e. The molecule has 2 aliphatic heterocycles. The maximum Gasteiger partial charge on any atom is 0.223 e. The number of likely N-dealkylation sites (tertiary alicyclic amines) is 1. The molecule has 1 atom stereocenters. The van der Waals surface area contributed by atoms with Gasteiger partial charge in [0.25, 0.3) is 0 Å². The van der Waals surface area contributed by atoms with E-state index in [9.17, 15) is 4.79 Å². The summed E-state index contributed by atoms with van der Waals surface area (Å²) >= 11 is 5.91. The van der Waals surface area contributed by atoms with Gasteiger partial charge in [0.1, 0.15) is 0 Å². The predicted octanol–water partition coefficient (Wildman–Crippen LogP) is 2.41. The summed E-state index contributed by atoms with van der Waals surface area (Å²) in [5, 5.41) is 4.10. The Morgan fingerprint density at radius 3 is 2.53 bits per heavy atom. The second-order valence-corrected chi connectivity index (χ2v) is 5.92. The van der Waals surface area contributed by atoms with Crippen LogP contribution in [0.15, 0.2) is 24.3 Å². The van der Waals surface area contributed by atoms with Crippen molar-refractivity contribution in [3.63, 3.8) is 0 Å². The Morgan fingerprint density at radius 1 is 1.16 bits per heavy atom. The van der Waals surface area contributed by atoms with Crippen molar-refractivity contribution in [3.8, 4) is 0 Å². The number of nitrogens with one attached hydrogen (secondary N) is 1. The number of hydrogen-bond acceptors (Lipinski definition) is 2. The van der Waals surface area contributed by atoms with Gasteiger partial charge in [-0.2, -0.15) is 0 Å². The summed E-state index contributed by atoms with van der Waals surface area (Å²) in [6, 6.07) is 8.35. The molecule has 4 heteroatoms. The Morgan fingerprint density at radius 2 is 1.84 bits per heavy atom. The molecule has 1 aromatic carbocycles. The third-order valence-corrected chi connectivity index (χ3v) is 4.50. The average molecular weight is 279 g/mol. The van der Waals surface area contributed by atoms with Gasteiger partial charge in [0.15, 0.2) is 0 Å². The third kappa shape index (κ3) is 2.77. The molecule has 1 unspecified atom stereocenters. The number of piperidine rings is 1. The molecule has 3 rings (SSSR count). The highest BCUT2D eigenvalue weighted by Gasteiger charge is 2.35. The minimum atomic E-state index is 0.312. The Hall–Kier alpha value is -1.06. The molecule has 2 aliphatic rings. The topological polar surface area (TPSA) is 32.3 Å². The van der Waals surface area contributed by atoms with E-state index in [4.69, 9.17) is 11.6 Å². The number of carbonyl (C=O) groups excluding carboxylic acids is 1. The third-order valence-electron chi connectivity index (χ3n) is 4.25. The number of benzene rings is 1. The van der Waals surface area contributed by atoms with E-state index in [1.54, 1.807) is 0 Å². The molecular weight excluding hydrogens is 260 g/mol. The highest BCUT2D eigenvalue weighted by Crippen LogP contribution is 2.31. The molecule has 2 fully saturated rings. The largest absolute Gasteiger partial charge is 0.339 e. The second-order valence-electron chi connectivity index (χ2n) is 5.48. The Kier molecular flexibility index (Phi) is 3.76. The van der Waals surface area contributed by atoms with E-state index in [0.29, 0.717) is 24.3 Å². The van der Waals surface area contributed by atoms with Gasteiger partial charge in [0, 0.05) is 29.9 Å². The standard InChI is InChI=1S/C15H19ClN2O/c16-13-3-1-11(2-4-13)12-9-15(19)18(10-12)14-5-7-17-8-6-14/h1-4,12,14,17H,5-10H2. The van der Waals surface area contributed by atoms with Crippen molar-refractivity contribution >= 4 is 17.5 Å². The van der Waals surface area contributed by atoms with Crippen LogP contribution in [0, 0.1) is 0 Å². The van der Waals surface area contributed by atoms with Gasteiger partial charge >= 0.3 is 0 Å². The summed E-state index contributed by atoms with van der Waals surface area (Å²) in [4.78, 5) is 14.3. The quantitative estimate of drug-likeness (QED) is 0.901. The van der Waals surface area contributed by atoms with Crippen molar-refractivity contribution in [2.45, 2.75) is 31.2 Å². The van der Waals surface area contributed by atoms with Crippen LogP contribution < -0.4 is 5.32 Å². The normalized spacial score (nSPS) is 25.0. The lowest BCUT2D eigenvalue weighted by molar-refractivity contribution is -0.130. The zero-order valence-corrected chi connectivity index (χ0v) is 11.7. The number of rotatable bonds is 2. The van der Waals surface area contributed by atoms with Crippen molar-refractivity contribution in [2.24, 2.45) is 0 Å². The maximum atomic E-state index is 12.2. The molecule has 0 aromatic heterocycles. The molecule has 19 heavy (non-hydrogen) atoms. The molecule has 0 aliphatic carbocycles. The SMILES string of the molecule is O=C1CC(c2ccc(Cl)cc2)CN1C1CCNCC1. The van der Waals surface area contributed by atoms with Crippen LogP contribution in [0.5, 0.6) is 0 Å². The lowest BCUT2D eigenvalue weighted by Crippen LogP contribution is -2.43. The summed E-state index contributed by atoms with van der Waals surface area (Å²) in [5.74, 6) is 0.645. The molecule has 3 nitrogen and oxygen atoms in total. The van der Waals surface area contributed by atoms with Gasteiger partial charge in [-0.3, -0.25) is 4.79 Å². The summed E-state index contributed by atoms with van der Waals surface area (Å²) in [6.45, 7) is 2.92. The van der Waals surface area contributed by atoms with Crippen LogP contribution in [0.1, 0.15) is 30.7 Å². The molecule has 102 valence electrons. The number of halogens is 1. The van der Waals surface area contributed by atoms with Crippen molar-refractivity contribution < 1.29 is 4.79 Å². The van der Waals surface area contributed by atoms with Crippen LogP contribution in [0.2, 0.25) is 5.02 Å². The van der Waals surface area contributed by atoms with Crippen molar-refractivity contribution in [1.82, 2.24) is 10.2 Å². The fourth-order valence-corrected chi connectivity index (χ4v) is 3.29. The summed E-state index contributed by atoms with van der Waals surface area (Å²) in [5.41, 5.74) is 1.23. The van der Waals surface area contributed by atoms with Crippen LogP contribution in [0.3, 0.4) is 0 Å². The molecule has 1 aromatic rings. The zero-order valence-electron chi connectivity index (χ0n) is 10.9. The number of carbonyl (C=O) groups is 1. The number of hydrogen-bond donors (Lipinski definition) is 1. The van der Waals surface area contributed by atoms with E-state index >= 15 is 0 Å². The molecule has 0 radical (unpaired) electrons. The van der Waals surface area contributed by atoms with Gasteiger partial charge in [-0.25, -0.2) is 0 Å². The Labute approximate surface area is 118 Å². The summed E-state index contributed by atoms with van der Waals surface area (Å²) in [6.07, 6.45) is 2.81. The monoisotopic (exact) mass is 278 g/mol. The first kappa shape index (κ1) is 12.9. The second kappa shape index (κ2) is 5.51. The van der Waals surface area contributed by atoms with E-state index in [1.807, 2.05) is 24.3 Å². The van der Waals surface area contributed by atoms with Gasteiger partial charge in [0.2, 0.25) is 5.91 Å². The maximum absolute atomic E-state index is 12.2. The van der Waals surface area contributed by atoms with E-state index in [1.165, 1.54) is 5.56 Å². The minimum absolute atomic E-state index is 0.312. The number of amides is 1. The molecule has 2 heterocycles. The van der Waals surface area contributed by atoms with E-state index in [0.717, 1.165) is 37.5 Å². The summed E-state index contributed by atoms with van der Waals surface area (Å²) < 4.78 is 0. The predicted molar refractivity (Wildman–Crippen MR) is 76.4 cm³/mol. The average Bonchev–Trinajstić information content (AvgIpc) is 2.83.